The molecule has 0 atom stereocenters. The molecule has 1 aromatic heterocycles. The average molecular weight is 440 g/mol. The molecule has 4 rings (SSSR count). The number of nitrogens with zero attached hydrogens (tertiary/aromatic N) is 1. The van der Waals surface area contributed by atoms with Gasteiger partial charge in [-0.1, -0.05) is 74.8 Å². The molecule has 0 bridgehead atoms. The Hall–Kier alpha value is -2.83. The van der Waals surface area contributed by atoms with Crippen LogP contribution < -0.4 is 4.72 Å². The Labute approximate surface area is 181 Å². The maximum atomic E-state index is 12.9. The predicted molar refractivity (Wildman–Crippen MR) is 122 cm³/mol. The van der Waals surface area contributed by atoms with E-state index < -0.39 is 10.0 Å². The van der Waals surface area contributed by atoms with E-state index >= 15 is 0 Å². The summed E-state index contributed by atoms with van der Waals surface area (Å²) in [5, 5.41) is 8.22. The maximum Gasteiger partial charge on any atom is 0.263 e. The van der Waals surface area contributed by atoms with Crippen molar-refractivity contribution in [2.45, 2.75) is 31.1 Å². The standard InChI is InChI=1S/C23H22ClN3O2S/c1-23(2,3)16-9-11-17(12-10-16)30(28,29)27-22-19-13-18(15-7-5-4-6-8-15)20(24)14-21(19)25-26-22/h4-14H,1-3H3,(H2,25,26,27). The van der Waals surface area contributed by atoms with Crippen LogP contribution in [0.3, 0.4) is 0 Å². The Bertz CT molecular complexity index is 1310. The van der Waals surface area contributed by atoms with Crippen LogP contribution in [0.4, 0.5) is 5.82 Å². The number of halogens is 1. The van der Waals surface area contributed by atoms with Gasteiger partial charge in [-0.25, -0.2) is 8.42 Å². The number of rotatable bonds is 4. The minimum atomic E-state index is -3.79. The quantitative estimate of drug-likeness (QED) is 0.410. The number of fused-ring (bicyclic) bond motifs is 1. The topological polar surface area (TPSA) is 74.8 Å². The van der Waals surface area contributed by atoms with Gasteiger partial charge in [-0.05, 0) is 40.8 Å². The van der Waals surface area contributed by atoms with Crippen LogP contribution in [-0.4, -0.2) is 18.6 Å². The second kappa shape index (κ2) is 7.45. The molecule has 0 radical (unpaired) electrons. The minimum Gasteiger partial charge on any atom is -0.276 e. The molecular weight excluding hydrogens is 418 g/mol. The van der Waals surface area contributed by atoms with E-state index in [0.29, 0.717) is 15.9 Å². The van der Waals surface area contributed by atoms with Crippen molar-refractivity contribution >= 4 is 38.3 Å². The number of hydrogen-bond donors (Lipinski definition) is 2. The molecule has 2 N–H and O–H groups in total. The van der Waals surface area contributed by atoms with E-state index in [4.69, 9.17) is 11.6 Å². The predicted octanol–water partition coefficient (Wildman–Crippen LogP) is 5.98. The molecule has 0 aliphatic heterocycles. The van der Waals surface area contributed by atoms with Gasteiger partial charge in [0.15, 0.2) is 5.82 Å². The number of aromatic nitrogens is 2. The zero-order chi connectivity index (χ0) is 21.5. The second-order valence-corrected chi connectivity index (χ2v) is 10.3. The Kier molecular flexibility index (Phi) is 5.08. The summed E-state index contributed by atoms with van der Waals surface area (Å²) in [4.78, 5) is 0.184. The molecule has 0 amide bonds. The zero-order valence-electron chi connectivity index (χ0n) is 16.9. The van der Waals surface area contributed by atoms with Crippen molar-refractivity contribution in [2.75, 3.05) is 4.72 Å². The van der Waals surface area contributed by atoms with E-state index in [2.05, 4.69) is 35.7 Å². The summed E-state index contributed by atoms with van der Waals surface area (Å²) in [6.07, 6.45) is 0. The highest BCUT2D eigenvalue weighted by atomic mass is 35.5. The summed E-state index contributed by atoms with van der Waals surface area (Å²) in [6, 6.07) is 20.2. The van der Waals surface area contributed by atoms with Crippen LogP contribution in [0.1, 0.15) is 26.3 Å². The molecule has 0 saturated carbocycles. The lowest BCUT2D eigenvalue weighted by molar-refractivity contribution is 0.587. The number of H-pyrrole nitrogens is 1. The summed E-state index contributed by atoms with van der Waals surface area (Å²) in [6.45, 7) is 6.25. The van der Waals surface area contributed by atoms with E-state index in [1.807, 2.05) is 48.5 Å². The van der Waals surface area contributed by atoms with Gasteiger partial charge in [-0.15, -0.1) is 0 Å². The fraction of sp³-hybridized carbons (Fsp3) is 0.174. The average Bonchev–Trinajstić information content (AvgIpc) is 3.08. The second-order valence-electron chi connectivity index (χ2n) is 8.20. The Balaban J connectivity index is 1.71. The van der Waals surface area contributed by atoms with Gasteiger partial charge in [0.2, 0.25) is 0 Å². The van der Waals surface area contributed by atoms with Gasteiger partial charge in [0, 0.05) is 10.9 Å². The van der Waals surface area contributed by atoms with Crippen LogP contribution in [0, 0.1) is 0 Å². The van der Waals surface area contributed by atoms with Crippen molar-refractivity contribution in [2.24, 2.45) is 0 Å². The van der Waals surface area contributed by atoms with Crippen molar-refractivity contribution in [1.29, 1.82) is 0 Å². The van der Waals surface area contributed by atoms with Crippen LogP contribution in [-0.2, 0) is 15.4 Å². The van der Waals surface area contributed by atoms with Gasteiger partial charge in [0.25, 0.3) is 10.0 Å². The van der Waals surface area contributed by atoms with Crippen molar-refractivity contribution in [1.82, 2.24) is 10.2 Å². The Morgan fingerprint density at radius 3 is 2.27 bits per heavy atom. The Morgan fingerprint density at radius 1 is 0.967 bits per heavy atom. The lowest BCUT2D eigenvalue weighted by Gasteiger charge is -2.19. The summed E-state index contributed by atoms with van der Waals surface area (Å²) >= 11 is 6.44. The summed E-state index contributed by atoms with van der Waals surface area (Å²) in [7, 11) is -3.79. The minimum absolute atomic E-state index is 0.0543. The van der Waals surface area contributed by atoms with Gasteiger partial charge in [0.1, 0.15) is 0 Å². The monoisotopic (exact) mass is 439 g/mol. The molecule has 30 heavy (non-hydrogen) atoms. The molecule has 0 aliphatic rings. The molecule has 0 saturated heterocycles. The number of aromatic amines is 1. The van der Waals surface area contributed by atoms with Crippen molar-refractivity contribution in [3.63, 3.8) is 0 Å². The van der Waals surface area contributed by atoms with E-state index in [0.717, 1.165) is 16.7 Å². The van der Waals surface area contributed by atoms with Crippen molar-refractivity contribution < 1.29 is 8.42 Å². The van der Waals surface area contributed by atoms with E-state index in [-0.39, 0.29) is 16.1 Å². The van der Waals surface area contributed by atoms with Crippen LogP contribution in [0.25, 0.3) is 22.0 Å². The highest BCUT2D eigenvalue weighted by molar-refractivity contribution is 7.92. The first-order valence-corrected chi connectivity index (χ1v) is 11.4. The molecular formula is C23H22ClN3O2S. The largest absolute Gasteiger partial charge is 0.276 e. The van der Waals surface area contributed by atoms with Crippen molar-refractivity contribution in [3.05, 3.63) is 77.3 Å². The maximum absolute atomic E-state index is 12.9. The summed E-state index contributed by atoms with van der Waals surface area (Å²) in [5.74, 6) is 0.235. The van der Waals surface area contributed by atoms with Crippen LogP contribution >= 0.6 is 11.6 Å². The number of benzene rings is 3. The summed E-state index contributed by atoms with van der Waals surface area (Å²) < 4.78 is 28.5. The lowest BCUT2D eigenvalue weighted by atomic mass is 9.87. The van der Waals surface area contributed by atoms with Crippen LogP contribution in [0.2, 0.25) is 5.02 Å². The van der Waals surface area contributed by atoms with E-state index in [1.54, 1.807) is 18.2 Å². The molecule has 0 spiro atoms. The van der Waals surface area contributed by atoms with Gasteiger partial charge in [0.05, 0.1) is 15.4 Å². The number of nitrogens with one attached hydrogen (secondary N) is 2. The van der Waals surface area contributed by atoms with Crippen molar-refractivity contribution in [3.8, 4) is 11.1 Å². The molecule has 0 fully saturated rings. The normalized spacial score (nSPS) is 12.3. The molecule has 0 aliphatic carbocycles. The third-order valence-electron chi connectivity index (χ3n) is 5.00. The lowest BCUT2D eigenvalue weighted by Crippen LogP contribution is -2.15. The van der Waals surface area contributed by atoms with E-state index in [1.165, 1.54) is 0 Å². The van der Waals surface area contributed by atoms with Crippen LogP contribution in [0.5, 0.6) is 0 Å². The SMILES string of the molecule is CC(C)(C)c1ccc(S(=O)(=O)Nc2n[nH]c3cc(Cl)c(-c4ccccc4)cc23)cc1. The molecule has 4 aromatic rings. The van der Waals surface area contributed by atoms with E-state index in [9.17, 15) is 8.42 Å². The van der Waals surface area contributed by atoms with Crippen LogP contribution in [0.15, 0.2) is 71.6 Å². The molecule has 5 nitrogen and oxygen atoms in total. The third kappa shape index (κ3) is 3.93. The first-order chi connectivity index (χ1) is 14.1. The number of anilines is 1. The highest BCUT2D eigenvalue weighted by Gasteiger charge is 2.20. The summed E-state index contributed by atoms with van der Waals surface area (Å²) in [5.41, 5.74) is 3.41. The number of sulfonamides is 1. The zero-order valence-corrected chi connectivity index (χ0v) is 18.5. The molecule has 154 valence electrons. The fourth-order valence-corrected chi connectivity index (χ4v) is 4.57. The molecule has 0 unspecified atom stereocenters. The number of hydrogen-bond acceptors (Lipinski definition) is 3. The molecule has 7 heteroatoms. The fourth-order valence-electron chi connectivity index (χ4n) is 3.28. The van der Waals surface area contributed by atoms with Gasteiger partial charge >= 0.3 is 0 Å². The van der Waals surface area contributed by atoms with Gasteiger partial charge in [-0.3, -0.25) is 9.82 Å². The smallest absolute Gasteiger partial charge is 0.263 e. The Morgan fingerprint density at radius 2 is 1.63 bits per heavy atom. The third-order valence-corrected chi connectivity index (χ3v) is 6.66. The molecule has 3 aromatic carbocycles. The van der Waals surface area contributed by atoms with Gasteiger partial charge < -0.3 is 0 Å². The first kappa shape index (κ1) is 20.4. The van der Waals surface area contributed by atoms with Gasteiger partial charge in [-0.2, -0.15) is 5.10 Å². The molecule has 1 heterocycles. The highest BCUT2D eigenvalue weighted by Crippen LogP contribution is 2.34. The first-order valence-electron chi connectivity index (χ1n) is 9.51.